The molecule has 0 aromatic carbocycles. The number of hydrogen-bond donors (Lipinski definition) is 0. The molecule has 0 radical (unpaired) electrons. The van der Waals surface area contributed by atoms with Gasteiger partial charge < -0.3 is 26.6 Å². The summed E-state index contributed by atoms with van der Waals surface area (Å²) in [5.74, 6) is 0. The third kappa shape index (κ3) is 12.7. The van der Waals surface area contributed by atoms with E-state index in [2.05, 4.69) is 19.9 Å². The second kappa shape index (κ2) is 23.3. The van der Waals surface area contributed by atoms with Gasteiger partial charge in [0.2, 0.25) is 0 Å². The summed E-state index contributed by atoms with van der Waals surface area (Å²) in [6.45, 7) is 14.9. The molecule has 0 amide bonds. The molecule has 0 bridgehead atoms. The van der Waals surface area contributed by atoms with E-state index in [1.165, 1.54) is 0 Å². The molecule has 15 heteroatoms. The van der Waals surface area contributed by atoms with E-state index in [-0.39, 0.29) is 13.1 Å². The van der Waals surface area contributed by atoms with Gasteiger partial charge in [0, 0.05) is 74.8 Å². The van der Waals surface area contributed by atoms with Crippen molar-refractivity contribution in [2.75, 3.05) is 39.6 Å². The molecule has 0 unspecified atom stereocenters. The zero-order chi connectivity index (χ0) is 34.4. The van der Waals surface area contributed by atoms with Gasteiger partial charge in [0.15, 0.2) is 0 Å². The number of aromatic nitrogens is 4. The Balaban J connectivity index is 0.000000302. The monoisotopic (exact) mass is 762 g/mol. The maximum absolute atomic E-state index is 5.88. The van der Waals surface area contributed by atoms with Crippen LogP contribution in [0.4, 0.5) is 0 Å². The first kappa shape index (κ1) is 41.1. The number of nitrogens with zero attached hydrogens (tertiary/aromatic N) is 4. The molecule has 4 aromatic rings. The van der Waals surface area contributed by atoms with Crippen LogP contribution in [0.3, 0.4) is 0 Å². The third-order valence-electron chi connectivity index (χ3n) is 6.09. The Kier molecular flexibility index (Phi) is 20.3. The van der Waals surface area contributed by atoms with Crippen LogP contribution in [0.25, 0.3) is 22.8 Å². The predicted octanol–water partition coefficient (Wildman–Crippen LogP) is 6.17. The minimum absolute atomic E-state index is 0.194. The van der Waals surface area contributed by atoms with E-state index in [1.54, 1.807) is 24.8 Å². The van der Waals surface area contributed by atoms with Crippen LogP contribution in [0.2, 0.25) is 0 Å². The van der Waals surface area contributed by atoms with Gasteiger partial charge in [-0.3, -0.25) is 19.9 Å². The fourth-order valence-corrected chi connectivity index (χ4v) is 9.17. The van der Waals surface area contributed by atoms with Crippen molar-refractivity contribution in [2.24, 2.45) is 0 Å². The molecule has 0 aliphatic rings. The summed E-state index contributed by atoms with van der Waals surface area (Å²) in [5, 5.41) is 1.75. The van der Waals surface area contributed by atoms with Crippen LogP contribution in [-0.4, -0.2) is 77.2 Å². The van der Waals surface area contributed by atoms with Crippen molar-refractivity contribution in [2.45, 2.75) is 41.5 Å². The zero-order valence-electron chi connectivity index (χ0n) is 27.7. The Morgan fingerprint density at radius 3 is 0.979 bits per heavy atom. The van der Waals surface area contributed by atoms with Gasteiger partial charge in [-0.1, -0.05) is 24.3 Å². The second-order valence-electron chi connectivity index (χ2n) is 9.06. The van der Waals surface area contributed by atoms with Crippen molar-refractivity contribution in [3.8, 4) is 22.8 Å². The molecule has 4 aromatic heterocycles. The predicted molar refractivity (Wildman–Crippen MR) is 187 cm³/mol. The van der Waals surface area contributed by atoms with Crippen molar-refractivity contribution in [1.82, 2.24) is 19.9 Å². The Bertz CT molecular complexity index is 1230. The van der Waals surface area contributed by atoms with Gasteiger partial charge in [-0.25, -0.2) is 0 Å². The first-order valence-corrected chi connectivity index (χ1v) is 21.9. The summed E-state index contributed by atoms with van der Waals surface area (Å²) >= 11 is 0.194. The van der Waals surface area contributed by atoms with Crippen LogP contribution in [-0.2, 0) is 39.7 Å². The molecule has 0 aliphatic carbocycles. The molecule has 4 heterocycles. The van der Waals surface area contributed by atoms with Crippen molar-refractivity contribution < 1.29 is 39.7 Å². The van der Waals surface area contributed by atoms with Crippen LogP contribution in [0.15, 0.2) is 85.5 Å². The molecule has 47 heavy (non-hydrogen) atoms. The molecular weight excluding hydrogens is 719 g/mol. The molecular formula is C32H44Cl2FeN4O6Si2. The van der Waals surface area contributed by atoms with Crippen molar-refractivity contribution in [3.63, 3.8) is 0 Å². The van der Waals surface area contributed by atoms with E-state index in [9.17, 15) is 0 Å². The molecule has 258 valence electrons. The Labute approximate surface area is 295 Å². The van der Waals surface area contributed by atoms with Crippen LogP contribution in [0, 0.1) is 0 Å². The Hall–Kier alpha value is -2.11. The normalized spacial score (nSPS) is 11.3. The summed E-state index contributed by atoms with van der Waals surface area (Å²) in [5.41, 5.74) is 3.31. The van der Waals surface area contributed by atoms with Crippen LogP contribution >= 0.6 is 20.2 Å². The van der Waals surface area contributed by atoms with Gasteiger partial charge in [-0.05, 0) is 77.9 Å². The molecule has 0 saturated heterocycles. The van der Waals surface area contributed by atoms with Crippen molar-refractivity contribution in [1.29, 1.82) is 0 Å². The van der Waals surface area contributed by atoms with E-state index in [0.29, 0.717) is 39.6 Å². The molecule has 0 fully saturated rings. The van der Waals surface area contributed by atoms with E-state index >= 15 is 0 Å². The van der Waals surface area contributed by atoms with E-state index in [1.807, 2.05) is 102 Å². The van der Waals surface area contributed by atoms with Crippen molar-refractivity contribution in [3.05, 3.63) is 85.5 Å². The number of rotatable bonds is 16. The fourth-order valence-electron chi connectivity index (χ4n) is 4.37. The molecule has 0 spiro atoms. The summed E-state index contributed by atoms with van der Waals surface area (Å²) < 4.78 is 35.3. The number of hydrogen-bond acceptors (Lipinski definition) is 10. The quantitative estimate of drug-likeness (QED) is 0.123. The van der Waals surface area contributed by atoms with E-state index in [0.717, 1.165) is 33.1 Å². The molecule has 0 aliphatic heterocycles. The summed E-state index contributed by atoms with van der Waals surface area (Å²) in [6, 6.07) is 19.3. The van der Waals surface area contributed by atoms with Crippen LogP contribution < -0.4 is 10.4 Å². The third-order valence-corrected chi connectivity index (χ3v) is 12.1. The summed E-state index contributed by atoms with van der Waals surface area (Å²) in [4.78, 5) is 17.6. The second-order valence-corrected chi connectivity index (χ2v) is 16.0. The standard InChI is InChI=1S/2C16H22N2O3Si.2ClH.Fe/c2*1-4-19-22(20-5-2,21-6-3)14-10-11-16(18-13-14)15-9-7-8-12-17-15;;;/h2*7-13H,4-6H2,1-3H3;2*1H;/q;;;;+2/p-2. The SMILES string of the molecule is CCO[Si](OCC)(OCC)c1ccc(-c2ccccn2)nc1.CCO[Si](OCC)(OCC)c1ccc(-c2ccccn2)nc1.[Cl][Fe][Cl]. The molecule has 0 saturated carbocycles. The van der Waals surface area contributed by atoms with Crippen LogP contribution in [0.1, 0.15) is 41.5 Å². The maximum atomic E-state index is 5.88. The van der Waals surface area contributed by atoms with Gasteiger partial charge in [-0.2, -0.15) is 0 Å². The fraction of sp³-hybridized carbons (Fsp3) is 0.375. The van der Waals surface area contributed by atoms with E-state index < -0.39 is 17.6 Å². The van der Waals surface area contributed by atoms with Crippen molar-refractivity contribution >= 4 is 48.2 Å². The molecule has 0 atom stereocenters. The number of pyridine rings is 4. The average Bonchev–Trinajstić information content (AvgIpc) is 3.10. The van der Waals surface area contributed by atoms with E-state index in [4.69, 9.17) is 46.8 Å². The molecule has 4 rings (SSSR count). The number of halogens is 2. The average molecular weight is 764 g/mol. The van der Waals surface area contributed by atoms with Gasteiger partial charge in [0.1, 0.15) is 0 Å². The Morgan fingerprint density at radius 1 is 0.468 bits per heavy atom. The summed E-state index contributed by atoms with van der Waals surface area (Å²) in [7, 11) is 3.77. The summed E-state index contributed by atoms with van der Waals surface area (Å²) in [6.07, 6.45) is 7.06. The van der Waals surface area contributed by atoms with Gasteiger partial charge in [-0.15, -0.1) is 0 Å². The first-order chi connectivity index (χ1) is 22.9. The molecule has 10 nitrogen and oxygen atoms in total. The molecule has 0 N–H and O–H groups in total. The topological polar surface area (TPSA) is 107 Å². The first-order valence-electron chi connectivity index (χ1n) is 15.4. The van der Waals surface area contributed by atoms with Crippen LogP contribution in [0.5, 0.6) is 0 Å². The minimum atomic E-state index is -2.88. The van der Waals surface area contributed by atoms with Gasteiger partial charge in [0.05, 0.1) is 22.8 Å². The van der Waals surface area contributed by atoms with Gasteiger partial charge >= 0.3 is 50.9 Å². The Morgan fingerprint density at radius 2 is 0.766 bits per heavy atom. The zero-order valence-corrected chi connectivity index (χ0v) is 32.3. The van der Waals surface area contributed by atoms with Gasteiger partial charge in [0.25, 0.3) is 0 Å².